The van der Waals surface area contributed by atoms with Crippen LogP contribution in [0, 0.1) is 5.82 Å². The number of rotatable bonds is 5. The lowest BCUT2D eigenvalue weighted by Crippen LogP contribution is -2.46. The molecule has 6 heteroatoms. The molecule has 3 fully saturated rings. The van der Waals surface area contributed by atoms with Crippen LogP contribution in [-0.2, 0) is 10.2 Å². The van der Waals surface area contributed by atoms with E-state index in [-0.39, 0.29) is 11.2 Å². The quantitative estimate of drug-likeness (QED) is 0.634. The summed E-state index contributed by atoms with van der Waals surface area (Å²) in [5, 5.41) is 3.47. The first-order valence-electron chi connectivity index (χ1n) is 10.3. The summed E-state index contributed by atoms with van der Waals surface area (Å²) < 4.78 is 19.1. The molecule has 0 aromatic heterocycles. The van der Waals surface area contributed by atoms with E-state index < -0.39 is 0 Å². The van der Waals surface area contributed by atoms with Crippen LogP contribution in [0.5, 0.6) is 0 Å². The van der Waals surface area contributed by atoms with Gasteiger partial charge in [0.1, 0.15) is 5.82 Å². The Bertz CT molecular complexity index is 670. The monoisotopic (exact) mass is 374 g/mol. The van der Waals surface area contributed by atoms with Crippen LogP contribution in [0.2, 0.25) is 0 Å². The first-order valence-corrected chi connectivity index (χ1v) is 10.3. The molecule has 3 aliphatic rings. The van der Waals surface area contributed by atoms with Gasteiger partial charge in [-0.1, -0.05) is 12.1 Å². The number of halogens is 1. The van der Waals surface area contributed by atoms with Gasteiger partial charge in [-0.3, -0.25) is 9.89 Å². The molecule has 1 atom stereocenters. The zero-order chi connectivity index (χ0) is 18.7. The first-order chi connectivity index (χ1) is 13.2. The molecule has 1 unspecified atom stereocenters. The molecule has 0 spiro atoms. The van der Waals surface area contributed by atoms with Crippen molar-refractivity contribution in [1.82, 2.24) is 15.1 Å². The summed E-state index contributed by atoms with van der Waals surface area (Å²) in [6, 6.07) is 7.65. The van der Waals surface area contributed by atoms with Gasteiger partial charge in [-0.25, -0.2) is 4.39 Å². The summed E-state index contributed by atoms with van der Waals surface area (Å²) in [4.78, 5) is 9.93. The van der Waals surface area contributed by atoms with Crippen LogP contribution in [0.25, 0.3) is 0 Å². The van der Waals surface area contributed by atoms with E-state index in [2.05, 4.69) is 22.0 Å². The van der Waals surface area contributed by atoms with Crippen LogP contribution in [0.3, 0.4) is 0 Å². The predicted octanol–water partition coefficient (Wildman–Crippen LogP) is 2.23. The molecule has 5 nitrogen and oxygen atoms in total. The van der Waals surface area contributed by atoms with Crippen molar-refractivity contribution < 1.29 is 9.13 Å². The third kappa shape index (κ3) is 4.27. The first kappa shape index (κ1) is 18.7. The second-order valence-electron chi connectivity index (χ2n) is 8.00. The van der Waals surface area contributed by atoms with Crippen molar-refractivity contribution in [1.29, 1.82) is 0 Å². The number of guanidine groups is 1. The van der Waals surface area contributed by atoms with Crippen LogP contribution in [-0.4, -0.2) is 74.3 Å². The van der Waals surface area contributed by atoms with Crippen molar-refractivity contribution >= 4 is 5.96 Å². The predicted molar refractivity (Wildman–Crippen MR) is 106 cm³/mol. The topological polar surface area (TPSA) is 40.1 Å². The summed E-state index contributed by atoms with van der Waals surface area (Å²) in [5.74, 6) is 0.860. The standard InChI is InChI=1S/C21H31FN4O/c1-2-23-20(26-9-6-19(15-26)25-10-12-27-13-11-25)24-16-21(7-8-21)17-4-3-5-18(22)14-17/h3-5,14,19H,2,6-13,15-16H2,1H3,(H,23,24). The SMILES string of the molecule is CCNC(=NCC1(c2cccc(F)c2)CC1)N1CCC(N2CCOCC2)C1. The molecule has 0 amide bonds. The van der Waals surface area contributed by atoms with E-state index >= 15 is 0 Å². The molecular weight excluding hydrogens is 343 g/mol. The average Bonchev–Trinajstić information content (AvgIpc) is 3.33. The Hall–Kier alpha value is -1.66. The van der Waals surface area contributed by atoms with E-state index in [0.717, 1.165) is 76.8 Å². The molecule has 1 aliphatic carbocycles. The molecule has 27 heavy (non-hydrogen) atoms. The fourth-order valence-electron chi connectivity index (χ4n) is 4.33. The lowest BCUT2D eigenvalue weighted by molar-refractivity contribution is 0.0195. The number of aliphatic imine (C=N–C) groups is 1. The van der Waals surface area contributed by atoms with E-state index in [1.165, 1.54) is 12.5 Å². The second kappa shape index (κ2) is 8.15. The molecule has 2 heterocycles. The van der Waals surface area contributed by atoms with Crippen LogP contribution >= 0.6 is 0 Å². The Morgan fingerprint density at radius 2 is 2.11 bits per heavy atom. The number of hydrogen-bond donors (Lipinski definition) is 1. The smallest absolute Gasteiger partial charge is 0.193 e. The van der Waals surface area contributed by atoms with E-state index in [1.54, 1.807) is 6.07 Å². The molecule has 0 radical (unpaired) electrons. The number of ether oxygens (including phenoxy) is 1. The van der Waals surface area contributed by atoms with Crippen LogP contribution in [0.15, 0.2) is 29.3 Å². The van der Waals surface area contributed by atoms with Crippen molar-refractivity contribution in [3.05, 3.63) is 35.6 Å². The number of likely N-dealkylation sites (tertiary alicyclic amines) is 1. The molecule has 148 valence electrons. The maximum absolute atomic E-state index is 13.6. The third-order valence-electron chi connectivity index (χ3n) is 6.18. The van der Waals surface area contributed by atoms with Gasteiger partial charge in [0, 0.05) is 44.2 Å². The highest BCUT2D eigenvalue weighted by Crippen LogP contribution is 2.48. The lowest BCUT2D eigenvalue weighted by atomic mass is 9.96. The van der Waals surface area contributed by atoms with Crippen molar-refractivity contribution in [3.8, 4) is 0 Å². The van der Waals surface area contributed by atoms with Crippen molar-refractivity contribution in [2.75, 3.05) is 52.5 Å². The summed E-state index contributed by atoms with van der Waals surface area (Å²) in [6.45, 7) is 9.55. The molecule has 1 saturated carbocycles. The zero-order valence-corrected chi connectivity index (χ0v) is 16.3. The highest BCUT2D eigenvalue weighted by atomic mass is 19.1. The van der Waals surface area contributed by atoms with Crippen molar-refractivity contribution in [2.24, 2.45) is 4.99 Å². The van der Waals surface area contributed by atoms with Gasteiger partial charge in [0.15, 0.2) is 5.96 Å². The van der Waals surface area contributed by atoms with E-state index in [9.17, 15) is 4.39 Å². The Morgan fingerprint density at radius 3 is 2.81 bits per heavy atom. The molecule has 1 N–H and O–H groups in total. The zero-order valence-electron chi connectivity index (χ0n) is 16.3. The fraction of sp³-hybridized carbons (Fsp3) is 0.667. The Labute approximate surface area is 161 Å². The molecule has 0 bridgehead atoms. The van der Waals surface area contributed by atoms with Crippen molar-refractivity contribution in [2.45, 2.75) is 37.6 Å². The van der Waals surface area contributed by atoms with Crippen LogP contribution < -0.4 is 5.32 Å². The van der Waals surface area contributed by atoms with Gasteiger partial charge < -0.3 is 15.0 Å². The van der Waals surface area contributed by atoms with Gasteiger partial charge in [0.25, 0.3) is 0 Å². The molecular formula is C21H31FN4O. The highest BCUT2D eigenvalue weighted by Gasteiger charge is 2.44. The molecule has 4 rings (SSSR count). The Morgan fingerprint density at radius 1 is 1.30 bits per heavy atom. The van der Waals surface area contributed by atoms with Crippen molar-refractivity contribution in [3.63, 3.8) is 0 Å². The van der Waals surface area contributed by atoms with Gasteiger partial charge >= 0.3 is 0 Å². The minimum atomic E-state index is -0.150. The van der Waals surface area contributed by atoms with Gasteiger partial charge in [-0.15, -0.1) is 0 Å². The maximum Gasteiger partial charge on any atom is 0.193 e. The third-order valence-corrected chi connectivity index (χ3v) is 6.18. The normalized spacial score (nSPS) is 25.6. The summed E-state index contributed by atoms with van der Waals surface area (Å²) >= 11 is 0. The van der Waals surface area contributed by atoms with E-state index in [0.29, 0.717) is 6.04 Å². The number of morpholine rings is 1. The second-order valence-corrected chi connectivity index (χ2v) is 8.00. The van der Waals surface area contributed by atoms with Gasteiger partial charge in [0.05, 0.1) is 19.8 Å². The average molecular weight is 375 g/mol. The molecule has 2 aliphatic heterocycles. The number of nitrogens with zero attached hydrogens (tertiary/aromatic N) is 3. The Kier molecular flexibility index (Phi) is 5.64. The van der Waals surface area contributed by atoms with E-state index in [4.69, 9.17) is 9.73 Å². The minimum absolute atomic E-state index is 0.0338. The van der Waals surface area contributed by atoms with Crippen LogP contribution in [0.1, 0.15) is 31.7 Å². The summed E-state index contributed by atoms with van der Waals surface area (Å²) in [7, 11) is 0. The minimum Gasteiger partial charge on any atom is -0.379 e. The highest BCUT2D eigenvalue weighted by molar-refractivity contribution is 5.80. The van der Waals surface area contributed by atoms with Gasteiger partial charge in [-0.05, 0) is 43.9 Å². The number of nitrogens with one attached hydrogen (secondary N) is 1. The molecule has 2 saturated heterocycles. The van der Waals surface area contributed by atoms with Crippen LogP contribution in [0.4, 0.5) is 4.39 Å². The van der Waals surface area contributed by atoms with Gasteiger partial charge in [-0.2, -0.15) is 0 Å². The summed E-state index contributed by atoms with van der Waals surface area (Å²) in [5.41, 5.74) is 1.13. The Balaban J connectivity index is 1.42. The van der Waals surface area contributed by atoms with Gasteiger partial charge in [0.2, 0.25) is 0 Å². The fourth-order valence-corrected chi connectivity index (χ4v) is 4.33. The number of benzene rings is 1. The molecule has 1 aromatic carbocycles. The maximum atomic E-state index is 13.6. The van der Waals surface area contributed by atoms with E-state index in [1.807, 2.05) is 12.1 Å². The largest absolute Gasteiger partial charge is 0.379 e. The number of hydrogen-bond acceptors (Lipinski definition) is 3. The summed E-state index contributed by atoms with van der Waals surface area (Å²) in [6.07, 6.45) is 3.37. The molecule has 1 aromatic rings. The lowest BCUT2D eigenvalue weighted by Gasteiger charge is -2.32.